The van der Waals surface area contributed by atoms with Crippen molar-refractivity contribution in [3.05, 3.63) is 47.4 Å². The average Bonchev–Trinajstić information content (AvgIpc) is 2.87. The predicted molar refractivity (Wildman–Crippen MR) is 73.8 cm³/mol. The SMILES string of the molecule is CC(C)(C)NCc1cc(F)c(OCc2ccno2)c(F)c1. The van der Waals surface area contributed by atoms with Crippen LogP contribution in [0.2, 0.25) is 0 Å². The first kappa shape index (κ1) is 15.4. The minimum atomic E-state index is -0.736. The quantitative estimate of drug-likeness (QED) is 0.918. The number of nitrogens with one attached hydrogen (secondary N) is 1. The molecule has 1 aromatic heterocycles. The fourth-order valence-electron chi connectivity index (χ4n) is 1.68. The van der Waals surface area contributed by atoms with Crippen LogP contribution in [-0.4, -0.2) is 10.7 Å². The van der Waals surface area contributed by atoms with Crippen LogP contribution in [0.15, 0.2) is 28.9 Å². The van der Waals surface area contributed by atoms with E-state index in [4.69, 9.17) is 9.26 Å². The molecule has 1 N–H and O–H groups in total. The van der Waals surface area contributed by atoms with Crippen LogP contribution in [0.25, 0.3) is 0 Å². The molecular formula is C15H18F2N2O2. The first-order valence-corrected chi connectivity index (χ1v) is 6.60. The van der Waals surface area contributed by atoms with Crippen molar-refractivity contribution in [3.8, 4) is 5.75 Å². The summed E-state index contributed by atoms with van der Waals surface area (Å²) in [6, 6.07) is 4.09. The minimum absolute atomic E-state index is 0.0760. The molecule has 21 heavy (non-hydrogen) atoms. The highest BCUT2D eigenvalue weighted by Gasteiger charge is 2.15. The molecule has 0 aliphatic carbocycles. The second-order valence-corrected chi connectivity index (χ2v) is 5.76. The molecule has 0 fully saturated rings. The van der Waals surface area contributed by atoms with Crippen LogP contribution >= 0.6 is 0 Å². The van der Waals surface area contributed by atoms with Crippen LogP contribution < -0.4 is 10.1 Å². The molecule has 114 valence electrons. The van der Waals surface area contributed by atoms with Crippen molar-refractivity contribution < 1.29 is 18.0 Å². The van der Waals surface area contributed by atoms with E-state index in [0.717, 1.165) is 0 Å². The van der Waals surface area contributed by atoms with Gasteiger partial charge in [0, 0.05) is 18.2 Å². The lowest BCUT2D eigenvalue weighted by atomic mass is 10.1. The van der Waals surface area contributed by atoms with Gasteiger partial charge < -0.3 is 14.6 Å². The Labute approximate surface area is 122 Å². The lowest BCUT2D eigenvalue weighted by Crippen LogP contribution is -2.35. The predicted octanol–water partition coefficient (Wildman–Crippen LogP) is 3.42. The summed E-state index contributed by atoms with van der Waals surface area (Å²) in [6.07, 6.45) is 1.44. The zero-order chi connectivity index (χ0) is 15.5. The Hall–Kier alpha value is -1.95. The Morgan fingerprint density at radius 1 is 1.24 bits per heavy atom. The summed E-state index contributed by atoms with van der Waals surface area (Å²) in [5.74, 6) is -1.49. The van der Waals surface area contributed by atoms with Gasteiger partial charge >= 0.3 is 0 Å². The van der Waals surface area contributed by atoms with Gasteiger partial charge in [-0.2, -0.15) is 0 Å². The number of hydrogen-bond donors (Lipinski definition) is 1. The molecule has 6 heteroatoms. The molecule has 1 aromatic carbocycles. The second-order valence-electron chi connectivity index (χ2n) is 5.76. The van der Waals surface area contributed by atoms with Crippen molar-refractivity contribution in [2.24, 2.45) is 0 Å². The Balaban J connectivity index is 2.06. The number of halogens is 2. The lowest BCUT2D eigenvalue weighted by molar-refractivity contribution is 0.230. The van der Waals surface area contributed by atoms with Crippen LogP contribution in [0.5, 0.6) is 5.75 Å². The summed E-state index contributed by atoms with van der Waals surface area (Å²) in [5, 5.41) is 6.66. The van der Waals surface area contributed by atoms with E-state index < -0.39 is 17.4 Å². The van der Waals surface area contributed by atoms with Crippen LogP contribution in [0.3, 0.4) is 0 Å². The third kappa shape index (κ3) is 4.53. The Morgan fingerprint density at radius 3 is 2.43 bits per heavy atom. The fourth-order valence-corrected chi connectivity index (χ4v) is 1.68. The van der Waals surface area contributed by atoms with E-state index in [-0.39, 0.29) is 12.1 Å². The third-order valence-electron chi connectivity index (χ3n) is 2.73. The van der Waals surface area contributed by atoms with Crippen LogP contribution in [0.4, 0.5) is 8.78 Å². The Bertz CT molecular complexity index is 569. The molecule has 0 unspecified atom stereocenters. The molecule has 2 rings (SSSR count). The van der Waals surface area contributed by atoms with Gasteiger partial charge in [0.25, 0.3) is 0 Å². The molecule has 2 aromatic rings. The molecule has 0 bridgehead atoms. The van der Waals surface area contributed by atoms with Gasteiger partial charge in [-0.05, 0) is 38.5 Å². The van der Waals surface area contributed by atoms with E-state index in [0.29, 0.717) is 17.9 Å². The highest BCUT2D eigenvalue weighted by Crippen LogP contribution is 2.24. The van der Waals surface area contributed by atoms with Crippen molar-refractivity contribution >= 4 is 0 Å². The summed E-state index contributed by atoms with van der Waals surface area (Å²) in [4.78, 5) is 0. The number of hydrogen-bond acceptors (Lipinski definition) is 4. The number of benzene rings is 1. The average molecular weight is 296 g/mol. The fraction of sp³-hybridized carbons (Fsp3) is 0.400. The molecule has 0 amide bonds. The van der Waals surface area contributed by atoms with Crippen molar-refractivity contribution in [2.75, 3.05) is 0 Å². The number of nitrogens with zero attached hydrogens (tertiary/aromatic N) is 1. The summed E-state index contributed by atoms with van der Waals surface area (Å²) in [5.41, 5.74) is 0.390. The molecule has 0 radical (unpaired) electrons. The van der Waals surface area contributed by atoms with E-state index in [1.165, 1.54) is 18.3 Å². The summed E-state index contributed by atoms with van der Waals surface area (Å²) < 4.78 is 37.8. The van der Waals surface area contributed by atoms with E-state index in [9.17, 15) is 8.78 Å². The van der Waals surface area contributed by atoms with Gasteiger partial charge in [-0.1, -0.05) is 5.16 Å². The van der Waals surface area contributed by atoms with E-state index in [1.54, 1.807) is 6.07 Å². The van der Waals surface area contributed by atoms with E-state index >= 15 is 0 Å². The minimum Gasteiger partial charge on any atom is -0.479 e. The van der Waals surface area contributed by atoms with E-state index in [1.807, 2.05) is 20.8 Å². The Kier molecular flexibility index (Phi) is 4.57. The molecule has 0 aliphatic heterocycles. The summed E-state index contributed by atoms with van der Waals surface area (Å²) in [6.45, 7) is 6.24. The lowest BCUT2D eigenvalue weighted by Gasteiger charge is -2.20. The molecule has 0 atom stereocenters. The van der Waals surface area contributed by atoms with Crippen LogP contribution in [0, 0.1) is 11.6 Å². The molecule has 4 nitrogen and oxygen atoms in total. The monoisotopic (exact) mass is 296 g/mol. The molecule has 0 saturated heterocycles. The maximum atomic E-state index is 13.9. The number of rotatable bonds is 5. The maximum absolute atomic E-state index is 13.9. The number of aromatic nitrogens is 1. The van der Waals surface area contributed by atoms with Gasteiger partial charge in [-0.3, -0.25) is 0 Å². The summed E-state index contributed by atoms with van der Waals surface area (Å²) in [7, 11) is 0. The normalized spacial score (nSPS) is 11.7. The molecular weight excluding hydrogens is 278 g/mol. The van der Waals surface area contributed by atoms with Gasteiger partial charge in [0.2, 0.25) is 0 Å². The third-order valence-corrected chi connectivity index (χ3v) is 2.73. The van der Waals surface area contributed by atoms with Crippen molar-refractivity contribution in [1.29, 1.82) is 0 Å². The van der Waals surface area contributed by atoms with Crippen molar-refractivity contribution in [2.45, 2.75) is 39.5 Å². The van der Waals surface area contributed by atoms with Crippen LogP contribution in [0.1, 0.15) is 32.1 Å². The first-order valence-electron chi connectivity index (χ1n) is 6.60. The van der Waals surface area contributed by atoms with Crippen molar-refractivity contribution in [3.63, 3.8) is 0 Å². The zero-order valence-electron chi connectivity index (χ0n) is 12.2. The molecule has 1 heterocycles. The summed E-state index contributed by atoms with van der Waals surface area (Å²) >= 11 is 0. The highest BCUT2D eigenvalue weighted by molar-refractivity contribution is 5.31. The van der Waals surface area contributed by atoms with Gasteiger partial charge in [0.1, 0.15) is 6.61 Å². The standard InChI is InChI=1S/C15H18F2N2O2/c1-15(2,3)18-8-10-6-12(16)14(13(17)7-10)20-9-11-4-5-19-21-11/h4-7,18H,8-9H2,1-3H3. The number of ether oxygens (including phenoxy) is 1. The highest BCUT2D eigenvalue weighted by atomic mass is 19.1. The van der Waals surface area contributed by atoms with Crippen LogP contribution in [-0.2, 0) is 13.2 Å². The maximum Gasteiger partial charge on any atom is 0.191 e. The zero-order valence-corrected chi connectivity index (χ0v) is 12.2. The second kappa shape index (κ2) is 6.22. The molecule has 0 aliphatic rings. The smallest absolute Gasteiger partial charge is 0.191 e. The van der Waals surface area contributed by atoms with Gasteiger partial charge in [0.15, 0.2) is 23.1 Å². The topological polar surface area (TPSA) is 47.3 Å². The van der Waals surface area contributed by atoms with Gasteiger partial charge in [0.05, 0.1) is 6.20 Å². The largest absolute Gasteiger partial charge is 0.479 e. The van der Waals surface area contributed by atoms with Gasteiger partial charge in [-0.25, -0.2) is 8.78 Å². The molecule has 0 spiro atoms. The Morgan fingerprint density at radius 2 is 1.90 bits per heavy atom. The van der Waals surface area contributed by atoms with E-state index in [2.05, 4.69) is 10.5 Å². The van der Waals surface area contributed by atoms with Crippen molar-refractivity contribution in [1.82, 2.24) is 10.5 Å². The first-order chi connectivity index (χ1) is 9.85. The molecule has 0 saturated carbocycles. The van der Waals surface area contributed by atoms with Gasteiger partial charge in [-0.15, -0.1) is 0 Å².